The van der Waals surface area contributed by atoms with Gasteiger partial charge in [0.15, 0.2) is 0 Å². The van der Waals surface area contributed by atoms with Crippen LogP contribution in [0, 0.1) is 61.4 Å². The molecule has 7 heteroatoms. The quantitative estimate of drug-likeness (QED) is 0.319. The number of ether oxygens (including phenoxy) is 1. The summed E-state index contributed by atoms with van der Waals surface area (Å²) in [5.41, 5.74) is 0. The first-order valence-corrected chi connectivity index (χ1v) is 7.30. The van der Waals surface area contributed by atoms with Crippen LogP contribution in [-0.2, 0) is 24.8 Å². The summed E-state index contributed by atoms with van der Waals surface area (Å²) in [4.78, 5) is 0. The largest absolute Gasteiger partial charge is 0.673 e. The van der Waals surface area contributed by atoms with Crippen LogP contribution in [0.4, 0.5) is 17.3 Å². The van der Waals surface area contributed by atoms with Gasteiger partial charge < -0.3 is 22.0 Å². The number of hydrogen-bond acceptors (Lipinski definition) is 1. The minimum Gasteiger partial charge on any atom is -0.418 e. The van der Waals surface area contributed by atoms with Crippen molar-refractivity contribution in [1.29, 1.82) is 0 Å². The van der Waals surface area contributed by atoms with E-state index in [4.69, 9.17) is 4.74 Å². The van der Waals surface area contributed by atoms with Crippen LogP contribution < -0.4 is 0 Å². The monoisotopic (exact) mass is 524 g/mol. The van der Waals surface area contributed by atoms with Gasteiger partial charge in [0.25, 0.3) is 0 Å². The van der Waals surface area contributed by atoms with E-state index in [2.05, 4.69) is 47.5 Å². The zero-order chi connectivity index (χ0) is 18.2. The van der Waals surface area contributed by atoms with Gasteiger partial charge in [-0.1, -0.05) is 34.6 Å². The minimum absolute atomic E-state index is 0. The molecule has 0 unspecified atom stereocenters. The van der Waals surface area contributed by atoms with Gasteiger partial charge in [0.1, 0.15) is 6.10 Å². The molecule has 0 bridgehead atoms. The van der Waals surface area contributed by atoms with Crippen LogP contribution in [0.5, 0.6) is 0 Å². The number of hydrogen-bond donors (Lipinski definition) is 0. The van der Waals surface area contributed by atoms with E-state index in [1.165, 1.54) is 29.6 Å². The van der Waals surface area contributed by atoms with E-state index in [0.717, 1.165) is 12.5 Å². The summed E-state index contributed by atoms with van der Waals surface area (Å²) in [5.74, 6) is 7.34. The Hall–Kier alpha value is 0.394. The molecule has 11 radical (unpaired) electrons. The Kier molecular flexibility index (Phi) is 14.1. The van der Waals surface area contributed by atoms with E-state index in [1.54, 1.807) is 7.11 Å². The van der Waals surface area contributed by atoms with E-state index < -0.39 is 7.25 Å². The first-order valence-electron chi connectivity index (χ1n) is 7.30. The van der Waals surface area contributed by atoms with Gasteiger partial charge in [0.05, 0.1) is 0 Å². The number of halogens is 4. The molecule has 2 saturated carbocycles. The molecule has 0 atom stereocenters. The van der Waals surface area contributed by atoms with E-state index in [-0.39, 0.29) is 20.1 Å². The molecular weight excluding hydrogens is 499 g/mol. The van der Waals surface area contributed by atoms with Crippen molar-refractivity contribution >= 4 is 7.25 Å². The second kappa shape index (κ2) is 12.7. The molecule has 0 aliphatic heterocycles. The molecule has 0 amide bonds. The Morgan fingerprint density at radius 1 is 0.750 bits per heavy atom. The van der Waals surface area contributed by atoms with Crippen molar-refractivity contribution < 1.29 is 42.1 Å². The van der Waals surface area contributed by atoms with Crippen molar-refractivity contribution in [3.63, 3.8) is 0 Å². The first-order chi connectivity index (χ1) is 10.5. The second-order valence-corrected chi connectivity index (χ2v) is 5.27. The van der Waals surface area contributed by atoms with Gasteiger partial charge in [0, 0.05) is 40.1 Å². The SMILES string of the molecule is CO[C]1[CH][CH]C[CH][CH]1.C[C]1[C](C)[C](C)[C](C)[C]1C.F[B-](F)(F)F.[Ir]. The third kappa shape index (κ3) is 11.1. The van der Waals surface area contributed by atoms with Gasteiger partial charge in [-0.2, -0.15) is 0 Å². The fourth-order valence-corrected chi connectivity index (χ4v) is 2.04. The molecule has 2 rings (SSSR count). The van der Waals surface area contributed by atoms with E-state index in [0.29, 0.717) is 0 Å². The van der Waals surface area contributed by atoms with Crippen LogP contribution in [0.15, 0.2) is 0 Å². The Morgan fingerprint density at radius 2 is 1.00 bits per heavy atom. The van der Waals surface area contributed by atoms with Crippen molar-refractivity contribution in [2.24, 2.45) is 0 Å². The summed E-state index contributed by atoms with van der Waals surface area (Å²) < 4.78 is 43.9. The summed E-state index contributed by atoms with van der Waals surface area (Å²) in [6, 6.07) is 0. The van der Waals surface area contributed by atoms with Crippen molar-refractivity contribution in [1.82, 2.24) is 0 Å². The smallest absolute Gasteiger partial charge is 0.418 e. The Balaban J connectivity index is 0. The van der Waals surface area contributed by atoms with E-state index in [1.807, 2.05) is 12.8 Å². The van der Waals surface area contributed by atoms with Crippen LogP contribution in [0.1, 0.15) is 41.0 Å². The van der Waals surface area contributed by atoms with Crippen molar-refractivity contribution in [2.45, 2.75) is 41.0 Å². The molecule has 2 fully saturated rings. The molecule has 0 N–H and O–H groups in total. The van der Waals surface area contributed by atoms with Crippen molar-refractivity contribution in [3.8, 4) is 0 Å². The zero-order valence-corrected chi connectivity index (χ0v) is 17.2. The third-order valence-electron chi connectivity index (χ3n) is 3.88. The summed E-state index contributed by atoms with van der Waals surface area (Å²) in [5, 5.41) is 0. The molecular formula is C17H24BF4IrO-. The normalized spacial score (nSPS) is 22.2. The molecule has 0 aromatic heterocycles. The first kappa shape index (κ1) is 26.6. The minimum atomic E-state index is -6.00. The predicted octanol–water partition coefficient (Wildman–Crippen LogP) is 5.66. The Labute approximate surface area is 159 Å². The average Bonchev–Trinajstić information content (AvgIpc) is 2.65. The second-order valence-electron chi connectivity index (χ2n) is 5.27. The topological polar surface area (TPSA) is 9.23 Å². The maximum absolute atomic E-state index is 9.75. The van der Waals surface area contributed by atoms with Gasteiger partial charge >= 0.3 is 7.25 Å². The molecule has 0 heterocycles. The fourth-order valence-electron chi connectivity index (χ4n) is 2.04. The van der Waals surface area contributed by atoms with Gasteiger partial charge in [-0.15, -0.1) is 0 Å². The molecule has 2 aliphatic rings. The zero-order valence-electron chi connectivity index (χ0n) is 14.8. The maximum Gasteiger partial charge on any atom is 0.673 e. The summed E-state index contributed by atoms with van der Waals surface area (Å²) in [6.07, 6.45) is 10.1. The third-order valence-corrected chi connectivity index (χ3v) is 3.88. The maximum atomic E-state index is 9.75. The number of rotatable bonds is 1. The molecule has 0 spiro atoms. The Bertz CT molecular complexity index is 261. The summed E-state index contributed by atoms with van der Waals surface area (Å²) in [6.45, 7) is 11.0. The van der Waals surface area contributed by atoms with E-state index in [9.17, 15) is 17.3 Å². The van der Waals surface area contributed by atoms with Crippen LogP contribution in [-0.4, -0.2) is 14.4 Å². The molecule has 139 valence electrons. The number of methoxy groups -OCH3 is 1. The molecule has 1 nitrogen and oxygen atoms in total. The summed E-state index contributed by atoms with van der Waals surface area (Å²) >= 11 is 0. The van der Waals surface area contributed by atoms with Crippen LogP contribution in [0.2, 0.25) is 0 Å². The van der Waals surface area contributed by atoms with Gasteiger partial charge in [-0.25, -0.2) is 0 Å². The summed E-state index contributed by atoms with van der Waals surface area (Å²) in [7, 11) is -4.32. The standard InChI is InChI=1S/C10H15.C7H9O.BF4.Ir/c1-6-7(2)9(4)10(5)8(6)3;1-8-7-5-3-2-4-6-7;2-1(3,4)5;/h1-5H3;3-6H,2H2,1H3;;/q;;-1;. The fraction of sp³-hybridized carbons (Fsp3) is 0.412. The van der Waals surface area contributed by atoms with Gasteiger partial charge in [-0.05, 0) is 48.9 Å². The van der Waals surface area contributed by atoms with Crippen LogP contribution in [0.3, 0.4) is 0 Å². The van der Waals surface area contributed by atoms with Crippen LogP contribution in [0.25, 0.3) is 0 Å². The van der Waals surface area contributed by atoms with Crippen LogP contribution >= 0.6 is 0 Å². The molecule has 24 heavy (non-hydrogen) atoms. The van der Waals surface area contributed by atoms with Crippen molar-refractivity contribution in [3.05, 3.63) is 61.4 Å². The molecule has 0 saturated heterocycles. The average molecular weight is 523 g/mol. The van der Waals surface area contributed by atoms with Crippen molar-refractivity contribution in [2.75, 3.05) is 7.11 Å². The molecule has 2 aliphatic carbocycles. The van der Waals surface area contributed by atoms with Gasteiger partial charge in [0.2, 0.25) is 0 Å². The molecule has 0 aromatic rings. The Morgan fingerprint density at radius 3 is 1.17 bits per heavy atom. The molecule has 0 aromatic carbocycles. The predicted molar refractivity (Wildman–Crippen MR) is 86.8 cm³/mol. The van der Waals surface area contributed by atoms with Gasteiger partial charge in [-0.3, -0.25) is 0 Å². The van der Waals surface area contributed by atoms with E-state index >= 15 is 0 Å².